The third kappa shape index (κ3) is 3.55. The fraction of sp³-hybridized carbons (Fsp3) is 0.435. The van der Waals surface area contributed by atoms with E-state index in [9.17, 15) is 4.79 Å². The maximum absolute atomic E-state index is 13.1. The number of hydrogen-bond donors (Lipinski definition) is 0. The van der Waals surface area contributed by atoms with E-state index >= 15 is 0 Å². The van der Waals surface area contributed by atoms with Crippen LogP contribution in [0.2, 0.25) is 0 Å². The van der Waals surface area contributed by atoms with Gasteiger partial charge in [-0.2, -0.15) is 0 Å². The highest BCUT2D eigenvalue weighted by Crippen LogP contribution is 2.37. The third-order valence-electron chi connectivity index (χ3n) is 6.15. The van der Waals surface area contributed by atoms with Crippen LogP contribution in [0.4, 0.5) is 5.69 Å². The highest BCUT2D eigenvalue weighted by molar-refractivity contribution is 7.99. The number of aromatic nitrogens is 3. The molecule has 1 fully saturated rings. The van der Waals surface area contributed by atoms with Gasteiger partial charge in [-0.3, -0.25) is 9.36 Å². The van der Waals surface area contributed by atoms with Gasteiger partial charge in [0.05, 0.1) is 12.0 Å². The Hall–Kier alpha value is -2.54. The molecule has 3 aromatic rings. The molecule has 30 heavy (non-hydrogen) atoms. The zero-order valence-electron chi connectivity index (χ0n) is 17.2. The molecule has 3 heterocycles. The molecular formula is C23H26N4O2S. The van der Waals surface area contributed by atoms with Gasteiger partial charge in [0.2, 0.25) is 11.7 Å². The number of thioether (sulfide) groups is 1. The number of anilines is 1. The molecule has 0 spiro atoms. The zero-order valence-corrected chi connectivity index (χ0v) is 18.0. The predicted octanol–water partition coefficient (Wildman–Crippen LogP) is 5.11. The van der Waals surface area contributed by atoms with Crippen LogP contribution in [0.25, 0.3) is 11.6 Å². The van der Waals surface area contributed by atoms with Crippen LogP contribution < -0.4 is 4.90 Å². The Kier molecular flexibility index (Phi) is 5.37. The summed E-state index contributed by atoms with van der Waals surface area (Å²) in [6, 6.07) is 12.5. The van der Waals surface area contributed by atoms with Crippen molar-refractivity contribution in [3.05, 3.63) is 48.2 Å². The van der Waals surface area contributed by atoms with Gasteiger partial charge in [-0.1, -0.05) is 49.2 Å². The average molecular weight is 423 g/mol. The van der Waals surface area contributed by atoms with Crippen molar-refractivity contribution in [2.75, 3.05) is 10.7 Å². The standard InChI is InChI=1S/C23H26N4O2S/c1-16-14-17-8-5-6-11-19(17)26(16)21(28)15-30-23-25-24-22(20-12-7-13-29-20)27(23)18-9-3-2-4-10-18/h5-8,11-13,16,18H,2-4,9-10,14-15H2,1H3. The molecule has 0 saturated heterocycles. The van der Waals surface area contributed by atoms with Crippen molar-refractivity contribution in [2.45, 2.75) is 62.7 Å². The molecule has 2 aliphatic rings. The van der Waals surface area contributed by atoms with Crippen molar-refractivity contribution in [1.29, 1.82) is 0 Å². The third-order valence-corrected chi connectivity index (χ3v) is 7.07. The van der Waals surface area contributed by atoms with E-state index < -0.39 is 0 Å². The van der Waals surface area contributed by atoms with Crippen molar-refractivity contribution in [3.8, 4) is 11.6 Å². The Morgan fingerprint density at radius 3 is 2.77 bits per heavy atom. The summed E-state index contributed by atoms with van der Waals surface area (Å²) in [4.78, 5) is 15.1. The van der Waals surface area contributed by atoms with Crippen LogP contribution in [-0.2, 0) is 11.2 Å². The molecule has 1 atom stereocenters. The lowest BCUT2D eigenvalue weighted by Gasteiger charge is -2.25. The first kappa shape index (κ1) is 19.4. The SMILES string of the molecule is CC1Cc2ccccc2N1C(=O)CSc1nnc(-c2ccco2)n1C1CCCCC1. The van der Waals surface area contributed by atoms with Crippen molar-refractivity contribution in [1.82, 2.24) is 14.8 Å². The van der Waals surface area contributed by atoms with Crippen LogP contribution in [0.3, 0.4) is 0 Å². The quantitative estimate of drug-likeness (QED) is 0.535. The van der Waals surface area contributed by atoms with Gasteiger partial charge >= 0.3 is 0 Å². The molecule has 5 rings (SSSR count). The Bertz CT molecular complexity index is 1020. The molecule has 1 aromatic carbocycles. The van der Waals surface area contributed by atoms with E-state index in [4.69, 9.17) is 4.42 Å². The lowest BCUT2D eigenvalue weighted by Crippen LogP contribution is -2.37. The minimum absolute atomic E-state index is 0.121. The number of hydrogen-bond acceptors (Lipinski definition) is 5. The van der Waals surface area contributed by atoms with Crippen LogP contribution in [0.5, 0.6) is 0 Å². The Labute approximate surface area is 180 Å². The molecule has 156 valence electrons. The molecule has 0 radical (unpaired) electrons. The molecule has 0 bridgehead atoms. The molecule has 2 aromatic heterocycles. The van der Waals surface area contributed by atoms with Gasteiger partial charge in [0.1, 0.15) is 0 Å². The molecule has 1 saturated carbocycles. The molecule has 0 N–H and O–H groups in total. The van der Waals surface area contributed by atoms with E-state index in [0.717, 1.165) is 41.7 Å². The van der Waals surface area contributed by atoms with Gasteiger partial charge in [0, 0.05) is 17.8 Å². The summed E-state index contributed by atoms with van der Waals surface area (Å²) in [5, 5.41) is 9.70. The predicted molar refractivity (Wildman–Crippen MR) is 118 cm³/mol. The summed E-state index contributed by atoms with van der Waals surface area (Å²) < 4.78 is 7.82. The topological polar surface area (TPSA) is 64.2 Å². The summed E-state index contributed by atoms with van der Waals surface area (Å²) in [5.74, 6) is 1.96. The van der Waals surface area contributed by atoms with E-state index in [1.165, 1.54) is 36.6 Å². The van der Waals surface area contributed by atoms with Crippen molar-refractivity contribution >= 4 is 23.4 Å². The summed E-state index contributed by atoms with van der Waals surface area (Å²) >= 11 is 1.49. The van der Waals surface area contributed by atoms with Gasteiger partial charge < -0.3 is 9.32 Å². The largest absolute Gasteiger partial charge is 0.461 e. The number of fused-ring (bicyclic) bond motifs is 1. The van der Waals surface area contributed by atoms with Crippen LogP contribution in [0.1, 0.15) is 50.6 Å². The van der Waals surface area contributed by atoms with E-state index in [-0.39, 0.29) is 11.9 Å². The molecular weight excluding hydrogens is 396 g/mol. The zero-order chi connectivity index (χ0) is 20.5. The first-order valence-electron chi connectivity index (χ1n) is 10.7. The Balaban J connectivity index is 1.38. The lowest BCUT2D eigenvalue weighted by molar-refractivity contribution is -0.116. The minimum atomic E-state index is 0.121. The van der Waals surface area contributed by atoms with E-state index in [2.05, 4.69) is 27.8 Å². The Morgan fingerprint density at radius 2 is 1.97 bits per heavy atom. The van der Waals surface area contributed by atoms with Crippen LogP contribution in [-0.4, -0.2) is 32.5 Å². The monoisotopic (exact) mass is 422 g/mol. The van der Waals surface area contributed by atoms with Crippen molar-refractivity contribution in [3.63, 3.8) is 0 Å². The fourth-order valence-electron chi connectivity index (χ4n) is 4.76. The average Bonchev–Trinajstić information content (AvgIpc) is 3.50. The van der Waals surface area contributed by atoms with Crippen LogP contribution >= 0.6 is 11.8 Å². The minimum Gasteiger partial charge on any atom is -0.461 e. The van der Waals surface area contributed by atoms with E-state index in [1.54, 1.807) is 6.26 Å². The molecule has 1 unspecified atom stereocenters. The second kappa shape index (κ2) is 8.30. The normalized spacial score (nSPS) is 19.2. The maximum Gasteiger partial charge on any atom is 0.237 e. The second-order valence-electron chi connectivity index (χ2n) is 8.18. The first-order chi connectivity index (χ1) is 14.7. The second-order valence-corrected chi connectivity index (χ2v) is 9.12. The number of rotatable bonds is 5. The molecule has 1 amide bonds. The first-order valence-corrected chi connectivity index (χ1v) is 11.7. The van der Waals surface area contributed by atoms with Crippen LogP contribution in [0, 0.1) is 0 Å². The summed E-state index contributed by atoms with van der Waals surface area (Å²) in [6.45, 7) is 2.11. The maximum atomic E-state index is 13.1. The van der Waals surface area contributed by atoms with Gasteiger partial charge in [-0.25, -0.2) is 0 Å². The van der Waals surface area contributed by atoms with Gasteiger partial charge in [0.25, 0.3) is 0 Å². The lowest BCUT2D eigenvalue weighted by atomic mass is 9.95. The van der Waals surface area contributed by atoms with Crippen LogP contribution in [0.15, 0.2) is 52.2 Å². The highest BCUT2D eigenvalue weighted by Gasteiger charge is 2.31. The number of para-hydroxylation sites is 1. The fourth-order valence-corrected chi connectivity index (χ4v) is 5.62. The Morgan fingerprint density at radius 1 is 1.13 bits per heavy atom. The number of carbonyl (C=O) groups is 1. The number of benzene rings is 1. The van der Waals surface area contributed by atoms with Gasteiger partial charge in [-0.15, -0.1) is 10.2 Å². The van der Waals surface area contributed by atoms with Gasteiger partial charge in [0.15, 0.2) is 10.9 Å². The summed E-state index contributed by atoms with van der Waals surface area (Å²) in [7, 11) is 0. The highest BCUT2D eigenvalue weighted by atomic mass is 32.2. The number of amides is 1. The summed E-state index contributed by atoms with van der Waals surface area (Å²) in [6.07, 6.45) is 8.51. The number of nitrogens with zero attached hydrogens (tertiary/aromatic N) is 4. The van der Waals surface area contributed by atoms with Gasteiger partial charge in [-0.05, 0) is 49.9 Å². The number of carbonyl (C=O) groups excluding carboxylic acids is 1. The molecule has 1 aliphatic carbocycles. The molecule has 1 aliphatic heterocycles. The van der Waals surface area contributed by atoms with Crippen molar-refractivity contribution < 1.29 is 9.21 Å². The molecule has 7 heteroatoms. The smallest absolute Gasteiger partial charge is 0.237 e. The molecule has 6 nitrogen and oxygen atoms in total. The van der Waals surface area contributed by atoms with Crippen molar-refractivity contribution in [2.24, 2.45) is 0 Å². The van der Waals surface area contributed by atoms with E-state index in [1.807, 2.05) is 35.2 Å². The number of furan rings is 1. The summed E-state index contributed by atoms with van der Waals surface area (Å²) in [5.41, 5.74) is 2.29. The van der Waals surface area contributed by atoms with E-state index in [0.29, 0.717) is 11.8 Å².